The number of benzene rings is 1. The smallest absolute Gasteiger partial charge is 0.132 e. The van der Waals surface area contributed by atoms with E-state index in [0.717, 1.165) is 11.5 Å². The number of nitrogens with zero attached hydrogens (tertiary/aromatic N) is 1. The molecular weight excluding hydrogens is 241 g/mol. The van der Waals surface area contributed by atoms with E-state index in [4.69, 9.17) is 5.73 Å². The Kier molecular flexibility index (Phi) is 4.00. The number of halogens is 1. The Labute approximate surface area is 113 Å². The van der Waals surface area contributed by atoms with Gasteiger partial charge in [-0.05, 0) is 25.0 Å². The van der Waals surface area contributed by atoms with Gasteiger partial charge in [-0.1, -0.05) is 26.0 Å². The average molecular weight is 261 g/mol. The Morgan fingerprint density at radius 2 is 2.00 bits per heavy atom. The van der Waals surface area contributed by atoms with Gasteiger partial charge in [0.1, 0.15) is 11.6 Å². The first-order chi connectivity index (χ1) is 9.04. The van der Waals surface area contributed by atoms with E-state index >= 15 is 0 Å². The highest BCUT2D eigenvalue weighted by molar-refractivity contribution is 5.62. The molecule has 0 fully saturated rings. The molecule has 0 saturated carbocycles. The number of nitrogens with two attached hydrogens (primary N) is 1. The van der Waals surface area contributed by atoms with Crippen molar-refractivity contribution in [1.29, 1.82) is 0 Å². The lowest BCUT2D eigenvalue weighted by Gasteiger charge is -2.15. The van der Waals surface area contributed by atoms with Crippen molar-refractivity contribution in [3.05, 3.63) is 41.6 Å². The number of aromatic amines is 1. The molecule has 0 aliphatic carbocycles. The van der Waals surface area contributed by atoms with E-state index in [2.05, 4.69) is 23.8 Å². The number of rotatable bonds is 4. The highest BCUT2D eigenvalue weighted by atomic mass is 19.1. The Balaban J connectivity index is 2.45. The summed E-state index contributed by atoms with van der Waals surface area (Å²) in [6.45, 7) is 6.66. The molecule has 1 atom stereocenters. The minimum atomic E-state index is -0.252. The fraction of sp³-hybridized carbons (Fsp3) is 0.400. The maximum atomic E-state index is 13.8. The summed E-state index contributed by atoms with van der Waals surface area (Å²) in [5.41, 5.74) is 7.88. The second kappa shape index (κ2) is 5.53. The molecule has 0 bridgehead atoms. The summed E-state index contributed by atoms with van der Waals surface area (Å²) >= 11 is 0. The van der Waals surface area contributed by atoms with Crippen LogP contribution < -0.4 is 5.73 Å². The molecule has 1 unspecified atom stereocenters. The number of H-pyrrole nitrogens is 1. The maximum absolute atomic E-state index is 13.8. The predicted octanol–water partition coefficient (Wildman–Crippen LogP) is 3.22. The summed E-state index contributed by atoms with van der Waals surface area (Å²) in [4.78, 5) is 7.80. The van der Waals surface area contributed by atoms with Crippen LogP contribution in [-0.4, -0.2) is 16.5 Å². The van der Waals surface area contributed by atoms with Gasteiger partial charge in [-0.2, -0.15) is 0 Å². The third-order valence-corrected chi connectivity index (χ3v) is 3.44. The lowest BCUT2D eigenvalue weighted by atomic mass is 9.95. The summed E-state index contributed by atoms with van der Waals surface area (Å²) in [5, 5.41) is 0. The number of aromatic nitrogens is 2. The average Bonchev–Trinajstić information content (AvgIpc) is 2.72. The summed E-state index contributed by atoms with van der Waals surface area (Å²) in [7, 11) is 0. The third kappa shape index (κ3) is 2.68. The molecule has 1 heterocycles. The summed E-state index contributed by atoms with van der Waals surface area (Å²) in [5.74, 6) is 1.15. The van der Waals surface area contributed by atoms with Gasteiger partial charge in [-0.3, -0.25) is 0 Å². The van der Waals surface area contributed by atoms with Crippen molar-refractivity contribution >= 4 is 0 Å². The minimum absolute atomic E-state index is 0.166. The molecule has 19 heavy (non-hydrogen) atoms. The third-order valence-electron chi connectivity index (χ3n) is 3.44. The molecule has 3 N–H and O–H groups in total. The van der Waals surface area contributed by atoms with Crippen LogP contribution in [0.15, 0.2) is 24.3 Å². The maximum Gasteiger partial charge on any atom is 0.132 e. The second-order valence-corrected chi connectivity index (χ2v) is 5.16. The first kappa shape index (κ1) is 13.7. The van der Waals surface area contributed by atoms with E-state index in [1.807, 2.05) is 13.0 Å². The van der Waals surface area contributed by atoms with E-state index in [-0.39, 0.29) is 11.7 Å². The van der Waals surface area contributed by atoms with E-state index in [1.54, 1.807) is 12.1 Å². The van der Waals surface area contributed by atoms with E-state index in [0.29, 0.717) is 23.7 Å². The Hall–Kier alpha value is -1.68. The first-order valence-electron chi connectivity index (χ1n) is 6.56. The molecule has 0 spiro atoms. The van der Waals surface area contributed by atoms with Crippen LogP contribution in [0.2, 0.25) is 0 Å². The lowest BCUT2D eigenvalue weighted by molar-refractivity contribution is 0.487. The molecule has 2 aromatic rings. The van der Waals surface area contributed by atoms with Gasteiger partial charge >= 0.3 is 0 Å². The first-order valence-corrected chi connectivity index (χ1v) is 6.56. The highest BCUT2D eigenvalue weighted by Crippen LogP contribution is 2.28. The van der Waals surface area contributed by atoms with E-state index < -0.39 is 0 Å². The van der Waals surface area contributed by atoms with Crippen LogP contribution >= 0.6 is 0 Å². The van der Waals surface area contributed by atoms with Crippen molar-refractivity contribution in [2.45, 2.75) is 26.7 Å². The molecule has 1 aromatic heterocycles. The lowest BCUT2D eigenvalue weighted by Crippen LogP contribution is -2.19. The van der Waals surface area contributed by atoms with Crippen molar-refractivity contribution in [3.8, 4) is 11.3 Å². The van der Waals surface area contributed by atoms with Gasteiger partial charge in [0.05, 0.1) is 5.69 Å². The molecule has 2 rings (SSSR count). The van der Waals surface area contributed by atoms with E-state index in [9.17, 15) is 4.39 Å². The summed E-state index contributed by atoms with van der Waals surface area (Å²) < 4.78 is 13.8. The van der Waals surface area contributed by atoms with Gasteiger partial charge in [-0.15, -0.1) is 0 Å². The largest absolute Gasteiger partial charge is 0.345 e. The van der Waals surface area contributed by atoms with Gasteiger partial charge in [0.2, 0.25) is 0 Å². The zero-order chi connectivity index (χ0) is 14.0. The molecule has 4 heteroatoms. The molecule has 3 nitrogen and oxygen atoms in total. The van der Waals surface area contributed by atoms with Crippen molar-refractivity contribution in [1.82, 2.24) is 9.97 Å². The van der Waals surface area contributed by atoms with Crippen LogP contribution in [0.4, 0.5) is 4.39 Å². The van der Waals surface area contributed by atoms with Crippen LogP contribution in [0.5, 0.6) is 0 Å². The molecular formula is C15H20FN3. The van der Waals surface area contributed by atoms with Crippen LogP contribution in [0, 0.1) is 18.7 Å². The fourth-order valence-corrected chi connectivity index (χ4v) is 2.27. The summed E-state index contributed by atoms with van der Waals surface area (Å²) in [6.07, 6.45) is 0. The minimum Gasteiger partial charge on any atom is -0.345 e. The Bertz CT molecular complexity index is 560. The number of imidazole rings is 1. The Morgan fingerprint density at radius 3 is 2.58 bits per heavy atom. The quantitative estimate of drug-likeness (QED) is 0.887. The van der Waals surface area contributed by atoms with Crippen molar-refractivity contribution in [3.63, 3.8) is 0 Å². The molecule has 0 saturated heterocycles. The Morgan fingerprint density at radius 1 is 1.32 bits per heavy atom. The number of hydrogen-bond acceptors (Lipinski definition) is 2. The van der Waals surface area contributed by atoms with Gasteiger partial charge in [0.25, 0.3) is 0 Å². The van der Waals surface area contributed by atoms with E-state index in [1.165, 1.54) is 6.07 Å². The van der Waals surface area contributed by atoms with Crippen LogP contribution in [0.3, 0.4) is 0 Å². The number of hydrogen-bond donors (Lipinski definition) is 2. The molecule has 0 amide bonds. The second-order valence-electron chi connectivity index (χ2n) is 5.16. The van der Waals surface area contributed by atoms with Crippen LogP contribution in [-0.2, 0) is 0 Å². The van der Waals surface area contributed by atoms with Gasteiger partial charge < -0.3 is 10.7 Å². The van der Waals surface area contributed by atoms with Crippen molar-refractivity contribution in [2.24, 2.45) is 11.7 Å². The highest BCUT2D eigenvalue weighted by Gasteiger charge is 2.20. The molecule has 1 aromatic carbocycles. The molecule has 102 valence electrons. The monoisotopic (exact) mass is 261 g/mol. The topological polar surface area (TPSA) is 54.7 Å². The number of aryl methyl sites for hydroxylation is 1. The summed E-state index contributed by atoms with van der Waals surface area (Å²) in [6, 6.07) is 6.69. The van der Waals surface area contributed by atoms with Crippen molar-refractivity contribution in [2.75, 3.05) is 6.54 Å². The van der Waals surface area contributed by atoms with Gasteiger partial charge in [-0.25, -0.2) is 9.37 Å². The predicted molar refractivity (Wildman–Crippen MR) is 75.4 cm³/mol. The van der Waals surface area contributed by atoms with Crippen molar-refractivity contribution < 1.29 is 4.39 Å². The fourth-order valence-electron chi connectivity index (χ4n) is 2.27. The molecule has 0 radical (unpaired) electrons. The van der Waals surface area contributed by atoms with Crippen LogP contribution in [0.1, 0.15) is 31.3 Å². The zero-order valence-electron chi connectivity index (χ0n) is 11.6. The standard InChI is InChI=1S/C15H20FN3/c1-9(2)12(8-17)15-18-10(3)14(19-15)11-6-4-5-7-13(11)16/h4-7,9,12H,8,17H2,1-3H3,(H,18,19). The molecule has 0 aliphatic heterocycles. The van der Waals surface area contributed by atoms with Gasteiger partial charge in [0.15, 0.2) is 0 Å². The SMILES string of the molecule is Cc1[nH]c(C(CN)C(C)C)nc1-c1ccccc1F. The van der Waals surface area contributed by atoms with Crippen LogP contribution in [0.25, 0.3) is 11.3 Å². The molecule has 0 aliphatic rings. The van der Waals surface area contributed by atoms with Gasteiger partial charge in [0, 0.05) is 23.7 Å². The zero-order valence-corrected chi connectivity index (χ0v) is 11.6. The number of nitrogens with one attached hydrogen (secondary N) is 1. The normalized spacial score (nSPS) is 12.9.